The molecule has 0 radical (unpaired) electrons. The van der Waals surface area contributed by atoms with Gasteiger partial charge in [-0.25, -0.2) is 0 Å². The summed E-state index contributed by atoms with van der Waals surface area (Å²) in [5, 5.41) is 5.77. The Morgan fingerprint density at radius 3 is 2.57 bits per heavy atom. The molecule has 2 aromatic heterocycles. The predicted molar refractivity (Wildman–Crippen MR) is 91.4 cm³/mol. The first-order chi connectivity index (χ1) is 10.3. The van der Waals surface area contributed by atoms with Crippen molar-refractivity contribution >= 4 is 27.3 Å². The quantitative estimate of drug-likeness (QED) is 0.709. The Balaban J connectivity index is 1.83. The molecule has 2 nitrogen and oxygen atoms in total. The fourth-order valence-corrected chi connectivity index (χ4v) is 3.45. The molecular weight excluding hydrogens is 344 g/mol. The molecule has 1 N–H and O–H groups in total. The highest BCUT2D eigenvalue weighted by Gasteiger charge is 2.14. The smallest absolute Gasteiger partial charge is 0.0754 e. The Kier molecular flexibility index (Phi) is 4.80. The lowest BCUT2D eigenvalue weighted by atomic mass is 10.0. The van der Waals surface area contributed by atoms with Gasteiger partial charge in [0.1, 0.15) is 0 Å². The van der Waals surface area contributed by atoms with E-state index >= 15 is 0 Å². The number of pyridine rings is 1. The maximum absolute atomic E-state index is 4.50. The molecule has 21 heavy (non-hydrogen) atoms. The van der Waals surface area contributed by atoms with E-state index in [1.54, 1.807) is 11.3 Å². The van der Waals surface area contributed by atoms with Crippen LogP contribution in [0.5, 0.6) is 0 Å². The van der Waals surface area contributed by atoms with Crippen molar-refractivity contribution in [3.05, 3.63) is 86.8 Å². The van der Waals surface area contributed by atoms with Crippen LogP contribution in [0.15, 0.2) is 70.0 Å². The topological polar surface area (TPSA) is 24.9 Å². The molecule has 0 fully saturated rings. The van der Waals surface area contributed by atoms with Crippen LogP contribution in [0.2, 0.25) is 0 Å². The molecule has 0 spiro atoms. The first kappa shape index (κ1) is 14.4. The molecule has 3 rings (SSSR count). The summed E-state index contributed by atoms with van der Waals surface area (Å²) in [6.07, 6.45) is 1.84. The van der Waals surface area contributed by atoms with Gasteiger partial charge in [-0.15, -0.1) is 11.3 Å². The van der Waals surface area contributed by atoms with E-state index in [0.29, 0.717) is 0 Å². The monoisotopic (exact) mass is 358 g/mol. The van der Waals surface area contributed by atoms with Crippen molar-refractivity contribution in [1.82, 2.24) is 10.3 Å². The maximum Gasteiger partial charge on any atom is 0.0754 e. The Morgan fingerprint density at radius 1 is 1.10 bits per heavy atom. The molecule has 1 aromatic carbocycles. The molecule has 0 aliphatic rings. The molecule has 106 valence electrons. The molecular formula is C17H15BrN2S. The Labute approximate surface area is 137 Å². The van der Waals surface area contributed by atoms with Crippen molar-refractivity contribution in [2.45, 2.75) is 12.6 Å². The predicted octanol–water partition coefficient (Wildman–Crippen LogP) is 4.78. The number of nitrogens with one attached hydrogen (secondary N) is 1. The van der Waals surface area contributed by atoms with Gasteiger partial charge in [0.05, 0.1) is 15.5 Å². The number of aromatic nitrogens is 1. The molecule has 0 amide bonds. The van der Waals surface area contributed by atoms with Crippen LogP contribution in [0.3, 0.4) is 0 Å². The third kappa shape index (κ3) is 3.79. The molecule has 0 aliphatic heterocycles. The summed E-state index contributed by atoms with van der Waals surface area (Å²) in [6.45, 7) is 0.818. The highest BCUT2D eigenvalue weighted by molar-refractivity contribution is 9.11. The third-order valence-corrected chi connectivity index (χ3v) is 4.80. The zero-order valence-corrected chi connectivity index (χ0v) is 13.8. The van der Waals surface area contributed by atoms with Gasteiger partial charge in [-0.3, -0.25) is 4.98 Å². The lowest BCUT2D eigenvalue weighted by Gasteiger charge is -2.18. The van der Waals surface area contributed by atoms with Crippen molar-refractivity contribution < 1.29 is 0 Å². The Hall–Kier alpha value is -1.49. The number of nitrogens with zero attached hydrogens (tertiary/aromatic N) is 1. The second-order valence-corrected chi connectivity index (χ2v) is 7.03. The third-order valence-electron chi connectivity index (χ3n) is 3.25. The van der Waals surface area contributed by atoms with Crippen LogP contribution in [0, 0.1) is 0 Å². The van der Waals surface area contributed by atoms with Gasteiger partial charge in [-0.05, 0) is 50.6 Å². The van der Waals surface area contributed by atoms with Crippen LogP contribution >= 0.6 is 27.3 Å². The summed E-state index contributed by atoms with van der Waals surface area (Å²) in [4.78, 5) is 4.50. The summed E-state index contributed by atoms with van der Waals surface area (Å²) in [7, 11) is 0. The van der Waals surface area contributed by atoms with E-state index in [2.05, 4.69) is 68.0 Å². The van der Waals surface area contributed by atoms with Crippen LogP contribution in [-0.4, -0.2) is 4.98 Å². The summed E-state index contributed by atoms with van der Waals surface area (Å²) in [5.41, 5.74) is 3.55. The van der Waals surface area contributed by atoms with Gasteiger partial charge < -0.3 is 5.32 Å². The van der Waals surface area contributed by atoms with Gasteiger partial charge in [0.25, 0.3) is 0 Å². The van der Waals surface area contributed by atoms with Gasteiger partial charge in [0, 0.05) is 12.7 Å². The first-order valence-electron chi connectivity index (χ1n) is 6.75. The Bertz CT molecular complexity index is 643. The molecule has 4 heteroatoms. The van der Waals surface area contributed by atoms with E-state index in [4.69, 9.17) is 0 Å². The number of hydrogen-bond acceptors (Lipinski definition) is 3. The minimum Gasteiger partial charge on any atom is -0.301 e. The van der Waals surface area contributed by atoms with Crippen molar-refractivity contribution in [1.29, 1.82) is 0 Å². The molecule has 0 unspecified atom stereocenters. The lowest BCUT2D eigenvalue weighted by molar-refractivity contribution is 0.592. The van der Waals surface area contributed by atoms with Gasteiger partial charge in [-0.1, -0.05) is 36.4 Å². The van der Waals surface area contributed by atoms with Crippen molar-refractivity contribution in [2.75, 3.05) is 0 Å². The molecule has 0 bridgehead atoms. The number of thiophene rings is 1. The summed E-state index contributed by atoms with van der Waals surface area (Å²) in [5.74, 6) is 0. The van der Waals surface area contributed by atoms with E-state index in [9.17, 15) is 0 Å². The molecule has 2 heterocycles. The van der Waals surface area contributed by atoms with Crippen LogP contribution < -0.4 is 5.32 Å². The largest absolute Gasteiger partial charge is 0.301 e. The number of rotatable bonds is 5. The molecule has 1 atom stereocenters. The van der Waals surface area contributed by atoms with Crippen molar-refractivity contribution in [3.8, 4) is 0 Å². The SMILES string of the molecule is Brc1cc(CN[C@@H](c2ccccc2)c2ccccn2)cs1. The first-order valence-corrected chi connectivity index (χ1v) is 8.42. The van der Waals surface area contributed by atoms with Crippen LogP contribution in [0.25, 0.3) is 0 Å². The van der Waals surface area contributed by atoms with E-state index < -0.39 is 0 Å². The number of benzene rings is 1. The van der Waals surface area contributed by atoms with Gasteiger partial charge in [0.2, 0.25) is 0 Å². The van der Waals surface area contributed by atoms with E-state index in [-0.39, 0.29) is 6.04 Å². The molecule has 0 saturated heterocycles. The molecule has 0 saturated carbocycles. The number of halogens is 1. The minimum atomic E-state index is 0.103. The van der Waals surface area contributed by atoms with Crippen LogP contribution in [0.1, 0.15) is 22.9 Å². The average Bonchev–Trinajstić information content (AvgIpc) is 2.95. The lowest BCUT2D eigenvalue weighted by Crippen LogP contribution is -2.22. The van der Waals surface area contributed by atoms with Gasteiger partial charge in [0.15, 0.2) is 0 Å². The standard InChI is InChI=1S/C17H15BrN2S/c18-16-10-13(12-21-16)11-20-17(14-6-2-1-3-7-14)15-8-4-5-9-19-15/h1-10,12,17,20H,11H2/t17-/m0/s1. The van der Waals surface area contributed by atoms with Crippen LogP contribution in [0.4, 0.5) is 0 Å². The fraction of sp³-hybridized carbons (Fsp3) is 0.118. The minimum absolute atomic E-state index is 0.103. The van der Waals surface area contributed by atoms with Gasteiger partial charge >= 0.3 is 0 Å². The summed E-state index contributed by atoms with van der Waals surface area (Å²) in [6, 6.07) is 18.7. The summed E-state index contributed by atoms with van der Waals surface area (Å²) < 4.78 is 1.16. The number of hydrogen-bond donors (Lipinski definition) is 1. The average molecular weight is 359 g/mol. The maximum atomic E-state index is 4.50. The highest BCUT2D eigenvalue weighted by atomic mass is 79.9. The fourth-order valence-electron chi connectivity index (χ4n) is 2.24. The van der Waals surface area contributed by atoms with E-state index in [1.807, 2.05) is 24.4 Å². The zero-order valence-electron chi connectivity index (χ0n) is 11.4. The zero-order chi connectivity index (χ0) is 14.5. The van der Waals surface area contributed by atoms with Crippen LogP contribution in [-0.2, 0) is 6.54 Å². The normalized spacial score (nSPS) is 12.2. The summed E-state index contributed by atoms with van der Waals surface area (Å²) >= 11 is 5.22. The Morgan fingerprint density at radius 2 is 1.90 bits per heavy atom. The molecule has 3 aromatic rings. The molecule has 0 aliphatic carbocycles. The van der Waals surface area contributed by atoms with E-state index in [0.717, 1.165) is 16.0 Å². The van der Waals surface area contributed by atoms with E-state index in [1.165, 1.54) is 11.1 Å². The van der Waals surface area contributed by atoms with Crippen molar-refractivity contribution in [3.63, 3.8) is 0 Å². The second kappa shape index (κ2) is 6.98. The van der Waals surface area contributed by atoms with Crippen molar-refractivity contribution in [2.24, 2.45) is 0 Å². The van der Waals surface area contributed by atoms with Gasteiger partial charge in [-0.2, -0.15) is 0 Å². The highest BCUT2D eigenvalue weighted by Crippen LogP contribution is 2.23. The second-order valence-electron chi connectivity index (χ2n) is 4.74.